The number of carbonyl (C=O) groups is 1. The summed E-state index contributed by atoms with van der Waals surface area (Å²) in [5, 5.41) is 6.14. The second kappa shape index (κ2) is 7.24. The zero-order valence-electron chi connectivity index (χ0n) is 12.2. The van der Waals surface area contributed by atoms with Crippen LogP contribution in [0.2, 0.25) is 0 Å². The molecule has 5 nitrogen and oxygen atoms in total. The van der Waals surface area contributed by atoms with E-state index in [2.05, 4.69) is 29.5 Å². The van der Waals surface area contributed by atoms with E-state index in [1.54, 1.807) is 12.3 Å². The lowest BCUT2D eigenvalue weighted by Gasteiger charge is -2.11. The van der Waals surface area contributed by atoms with Gasteiger partial charge in [-0.3, -0.25) is 4.79 Å². The van der Waals surface area contributed by atoms with Crippen LogP contribution in [0.3, 0.4) is 0 Å². The minimum absolute atomic E-state index is 0.143. The van der Waals surface area contributed by atoms with Crippen LogP contribution in [0.15, 0.2) is 18.3 Å². The van der Waals surface area contributed by atoms with Crippen molar-refractivity contribution >= 4 is 11.6 Å². The molecule has 1 aromatic rings. The molecular weight excluding hydrogens is 254 g/mol. The highest BCUT2D eigenvalue weighted by Crippen LogP contribution is 2.11. The molecule has 0 spiro atoms. The summed E-state index contributed by atoms with van der Waals surface area (Å²) in [4.78, 5) is 16.1. The predicted octanol–water partition coefficient (Wildman–Crippen LogP) is 2.06. The number of hydrogen-bond donors (Lipinski definition) is 2. The Labute approximate surface area is 120 Å². The van der Waals surface area contributed by atoms with Crippen molar-refractivity contribution in [2.45, 2.75) is 32.8 Å². The van der Waals surface area contributed by atoms with Gasteiger partial charge >= 0.3 is 0 Å². The van der Waals surface area contributed by atoms with Crippen molar-refractivity contribution in [3.05, 3.63) is 24.0 Å². The normalized spacial score (nSPS) is 18.2. The molecule has 0 aliphatic carbocycles. The molecule has 1 saturated heterocycles. The topological polar surface area (TPSA) is 63.2 Å². The van der Waals surface area contributed by atoms with E-state index in [1.807, 2.05) is 6.07 Å². The molecule has 1 aliphatic rings. The molecule has 110 valence electrons. The average Bonchev–Trinajstić information content (AvgIpc) is 2.96. The van der Waals surface area contributed by atoms with Crippen molar-refractivity contribution in [3.63, 3.8) is 0 Å². The maximum absolute atomic E-state index is 11.9. The second-order valence-electron chi connectivity index (χ2n) is 5.55. The number of rotatable bonds is 6. The molecule has 0 radical (unpaired) electrons. The van der Waals surface area contributed by atoms with Crippen molar-refractivity contribution in [2.24, 2.45) is 5.92 Å². The van der Waals surface area contributed by atoms with Gasteiger partial charge in [-0.1, -0.05) is 13.8 Å². The van der Waals surface area contributed by atoms with Gasteiger partial charge < -0.3 is 15.4 Å². The van der Waals surface area contributed by atoms with Gasteiger partial charge in [-0.15, -0.1) is 0 Å². The third-order valence-corrected chi connectivity index (χ3v) is 3.22. The Morgan fingerprint density at radius 3 is 2.95 bits per heavy atom. The van der Waals surface area contributed by atoms with Gasteiger partial charge in [0.2, 0.25) is 0 Å². The molecule has 2 heterocycles. The molecule has 1 amide bonds. The lowest BCUT2D eigenvalue weighted by Crippen LogP contribution is -2.32. The number of hydrogen-bond acceptors (Lipinski definition) is 4. The van der Waals surface area contributed by atoms with Gasteiger partial charge in [0.1, 0.15) is 5.69 Å². The fraction of sp³-hybridized carbons (Fsp3) is 0.600. The minimum atomic E-state index is -0.143. The molecule has 1 aromatic heterocycles. The van der Waals surface area contributed by atoms with Gasteiger partial charge in [-0.2, -0.15) is 0 Å². The highest BCUT2D eigenvalue weighted by molar-refractivity contribution is 5.92. The number of carbonyl (C=O) groups excluding carboxylic acids is 1. The fourth-order valence-electron chi connectivity index (χ4n) is 2.06. The molecular formula is C15H23N3O2. The smallest absolute Gasteiger partial charge is 0.269 e. The molecule has 1 fully saturated rings. The maximum Gasteiger partial charge on any atom is 0.269 e. The van der Waals surface area contributed by atoms with E-state index in [0.717, 1.165) is 31.7 Å². The van der Waals surface area contributed by atoms with Crippen molar-refractivity contribution in [2.75, 3.05) is 25.0 Å². The van der Waals surface area contributed by atoms with E-state index in [0.29, 0.717) is 18.2 Å². The van der Waals surface area contributed by atoms with E-state index in [4.69, 9.17) is 4.74 Å². The molecule has 0 bridgehead atoms. The Morgan fingerprint density at radius 2 is 2.35 bits per heavy atom. The highest BCUT2D eigenvalue weighted by atomic mass is 16.5. The van der Waals surface area contributed by atoms with Crippen LogP contribution in [0.1, 0.15) is 37.2 Å². The van der Waals surface area contributed by atoms with Crippen LogP contribution >= 0.6 is 0 Å². The first-order valence-corrected chi connectivity index (χ1v) is 7.25. The average molecular weight is 277 g/mol. The molecule has 2 N–H and O–H groups in total. The standard InChI is InChI=1S/C15H23N3O2/c1-11(2)8-16-12-5-6-14(17-9-12)15(19)18-10-13-4-3-7-20-13/h5-6,9,11,13,16H,3-4,7-8,10H2,1-2H3,(H,18,19). The van der Waals surface area contributed by atoms with Crippen LogP contribution < -0.4 is 10.6 Å². The first-order chi connectivity index (χ1) is 9.65. The number of nitrogens with zero attached hydrogens (tertiary/aromatic N) is 1. The van der Waals surface area contributed by atoms with Crippen LogP contribution in [0.25, 0.3) is 0 Å². The zero-order chi connectivity index (χ0) is 14.4. The summed E-state index contributed by atoms with van der Waals surface area (Å²) in [5.74, 6) is 0.431. The van der Waals surface area contributed by atoms with Crippen molar-refractivity contribution in [1.82, 2.24) is 10.3 Å². The number of nitrogens with one attached hydrogen (secondary N) is 2. The SMILES string of the molecule is CC(C)CNc1ccc(C(=O)NCC2CCCO2)nc1. The molecule has 1 atom stereocenters. The molecule has 1 unspecified atom stereocenters. The number of aromatic nitrogens is 1. The minimum Gasteiger partial charge on any atom is -0.384 e. The molecule has 0 saturated carbocycles. The maximum atomic E-state index is 11.9. The molecule has 1 aliphatic heterocycles. The van der Waals surface area contributed by atoms with E-state index < -0.39 is 0 Å². The van der Waals surface area contributed by atoms with E-state index in [-0.39, 0.29) is 12.0 Å². The summed E-state index contributed by atoms with van der Waals surface area (Å²) in [5.41, 5.74) is 1.38. The molecule has 0 aromatic carbocycles. The Balaban J connectivity index is 1.80. The monoisotopic (exact) mass is 277 g/mol. The second-order valence-corrected chi connectivity index (χ2v) is 5.55. The molecule has 2 rings (SSSR count). The third kappa shape index (κ3) is 4.49. The van der Waals surface area contributed by atoms with Crippen molar-refractivity contribution in [1.29, 1.82) is 0 Å². The van der Waals surface area contributed by atoms with Crippen molar-refractivity contribution < 1.29 is 9.53 Å². The van der Waals surface area contributed by atoms with Gasteiger partial charge in [-0.05, 0) is 30.9 Å². The fourth-order valence-corrected chi connectivity index (χ4v) is 2.06. The van der Waals surface area contributed by atoms with Gasteiger partial charge in [0.05, 0.1) is 18.0 Å². The van der Waals surface area contributed by atoms with Crippen LogP contribution in [-0.4, -0.2) is 36.7 Å². The van der Waals surface area contributed by atoms with Gasteiger partial charge in [0.15, 0.2) is 0 Å². The van der Waals surface area contributed by atoms with Crippen LogP contribution in [0, 0.1) is 5.92 Å². The number of amides is 1. The van der Waals surface area contributed by atoms with E-state index in [1.165, 1.54) is 0 Å². The number of ether oxygens (including phenoxy) is 1. The summed E-state index contributed by atoms with van der Waals surface area (Å²) in [7, 11) is 0. The summed E-state index contributed by atoms with van der Waals surface area (Å²) in [6.45, 7) is 6.55. The Hall–Kier alpha value is -1.62. The third-order valence-electron chi connectivity index (χ3n) is 3.22. The van der Waals surface area contributed by atoms with Crippen LogP contribution in [0.4, 0.5) is 5.69 Å². The van der Waals surface area contributed by atoms with Gasteiger partial charge in [0, 0.05) is 19.7 Å². The lowest BCUT2D eigenvalue weighted by atomic mass is 10.2. The van der Waals surface area contributed by atoms with Gasteiger partial charge in [-0.25, -0.2) is 4.98 Å². The van der Waals surface area contributed by atoms with Crippen LogP contribution in [-0.2, 0) is 4.74 Å². The number of anilines is 1. The summed E-state index contributed by atoms with van der Waals surface area (Å²) in [6, 6.07) is 3.63. The zero-order valence-corrected chi connectivity index (χ0v) is 12.2. The van der Waals surface area contributed by atoms with Crippen molar-refractivity contribution in [3.8, 4) is 0 Å². The quantitative estimate of drug-likeness (QED) is 0.835. The first-order valence-electron chi connectivity index (χ1n) is 7.25. The Kier molecular flexibility index (Phi) is 5.35. The van der Waals surface area contributed by atoms with E-state index in [9.17, 15) is 4.79 Å². The first kappa shape index (κ1) is 14.8. The number of pyridine rings is 1. The van der Waals surface area contributed by atoms with E-state index >= 15 is 0 Å². The Bertz CT molecular complexity index is 425. The summed E-state index contributed by atoms with van der Waals surface area (Å²) >= 11 is 0. The summed E-state index contributed by atoms with van der Waals surface area (Å²) in [6.07, 6.45) is 3.95. The molecule has 5 heteroatoms. The lowest BCUT2D eigenvalue weighted by molar-refractivity contribution is 0.0854. The highest BCUT2D eigenvalue weighted by Gasteiger charge is 2.16. The van der Waals surface area contributed by atoms with Crippen LogP contribution in [0.5, 0.6) is 0 Å². The predicted molar refractivity (Wildman–Crippen MR) is 78.9 cm³/mol. The largest absolute Gasteiger partial charge is 0.384 e. The molecule has 20 heavy (non-hydrogen) atoms. The Morgan fingerprint density at radius 1 is 1.50 bits per heavy atom. The summed E-state index contributed by atoms with van der Waals surface area (Å²) < 4.78 is 5.47. The van der Waals surface area contributed by atoms with Gasteiger partial charge in [0.25, 0.3) is 5.91 Å².